The second-order valence-electron chi connectivity index (χ2n) is 5.24. The molecule has 2 atom stereocenters. The monoisotopic (exact) mass is 283 g/mol. The molecule has 4 heteroatoms. The zero-order valence-corrected chi connectivity index (χ0v) is 11.6. The van der Waals surface area contributed by atoms with Crippen molar-refractivity contribution >= 4 is 17.5 Å². The highest BCUT2D eigenvalue weighted by atomic mass is 35.5. The van der Waals surface area contributed by atoms with Crippen LogP contribution in [0.2, 0.25) is 0 Å². The van der Waals surface area contributed by atoms with E-state index in [0.29, 0.717) is 18.9 Å². The van der Waals surface area contributed by atoms with E-state index in [1.165, 1.54) is 12.1 Å². The third-order valence-electron chi connectivity index (χ3n) is 3.58. The van der Waals surface area contributed by atoms with Crippen molar-refractivity contribution in [2.75, 3.05) is 6.54 Å². The molecule has 104 valence electrons. The average molecular weight is 284 g/mol. The van der Waals surface area contributed by atoms with Gasteiger partial charge in [-0.1, -0.05) is 18.6 Å². The first kappa shape index (κ1) is 14.3. The number of rotatable bonds is 4. The zero-order valence-electron chi connectivity index (χ0n) is 10.9. The fourth-order valence-corrected chi connectivity index (χ4v) is 2.93. The Bertz CT molecular complexity index is 421. The summed E-state index contributed by atoms with van der Waals surface area (Å²) < 4.78 is 12.7. The number of hydrogen-bond donors (Lipinski definition) is 1. The van der Waals surface area contributed by atoms with Crippen LogP contribution in [0.15, 0.2) is 24.3 Å². The van der Waals surface area contributed by atoms with Gasteiger partial charge in [0.1, 0.15) is 5.82 Å². The topological polar surface area (TPSA) is 29.1 Å². The highest BCUT2D eigenvalue weighted by Crippen LogP contribution is 2.27. The standard InChI is InChI=1S/C15H19ClFNO/c16-13-3-1-2-12(8-13)10-18-15(19)9-11-4-6-14(17)7-5-11/h4-7,12-13H,1-3,8-10H2,(H,18,19). The molecule has 2 rings (SSSR count). The first-order chi connectivity index (χ1) is 9.13. The minimum Gasteiger partial charge on any atom is -0.356 e. The maximum absolute atomic E-state index is 12.7. The second-order valence-corrected chi connectivity index (χ2v) is 5.85. The lowest BCUT2D eigenvalue weighted by Gasteiger charge is -2.25. The maximum Gasteiger partial charge on any atom is 0.224 e. The van der Waals surface area contributed by atoms with E-state index in [-0.39, 0.29) is 17.1 Å². The summed E-state index contributed by atoms with van der Waals surface area (Å²) in [5, 5.41) is 3.20. The Kier molecular flexibility index (Phi) is 5.20. The fourth-order valence-electron chi connectivity index (χ4n) is 2.52. The largest absolute Gasteiger partial charge is 0.356 e. The maximum atomic E-state index is 12.7. The first-order valence-corrected chi connectivity index (χ1v) is 7.22. The van der Waals surface area contributed by atoms with Crippen LogP contribution in [0.5, 0.6) is 0 Å². The van der Waals surface area contributed by atoms with E-state index in [0.717, 1.165) is 31.2 Å². The van der Waals surface area contributed by atoms with Gasteiger partial charge < -0.3 is 5.32 Å². The molecule has 0 radical (unpaired) electrons. The molecule has 0 spiro atoms. The number of benzene rings is 1. The molecule has 0 heterocycles. The Labute approximate surface area is 118 Å². The molecule has 2 nitrogen and oxygen atoms in total. The van der Waals surface area contributed by atoms with Gasteiger partial charge in [-0.2, -0.15) is 0 Å². The Morgan fingerprint density at radius 1 is 1.32 bits per heavy atom. The predicted octanol–water partition coefficient (Wildman–Crippen LogP) is 3.28. The number of hydrogen-bond acceptors (Lipinski definition) is 1. The minimum absolute atomic E-state index is 0.0108. The van der Waals surface area contributed by atoms with Crippen LogP contribution in [-0.4, -0.2) is 17.8 Å². The molecule has 0 aromatic heterocycles. The molecular formula is C15H19ClFNO. The number of alkyl halides is 1. The SMILES string of the molecule is O=C(Cc1ccc(F)cc1)NCC1CCCC(Cl)C1. The molecule has 0 saturated heterocycles. The van der Waals surface area contributed by atoms with Crippen molar-refractivity contribution in [1.82, 2.24) is 5.32 Å². The van der Waals surface area contributed by atoms with Crippen molar-refractivity contribution in [3.05, 3.63) is 35.6 Å². The van der Waals surface area contributed by atoms with E-state index in [1.807, 2.05) is 0 Å². The van der Waals surface area contributed by atoms with Gasteiger partial charge in [0, 0.05) is 11.9 Å². The number of nitrogens with one attached hydrogen (secondary N) is 1. The fraction of sp³-hybridized carbons (Fsp3) is 0.533. The molecule has 19 heavy (non-hydrogen) atoms. The van der Waals surface area contributed by atoms with Crippen LogP contribution in [0.4, 0.5) is 4.39 Å². The van der Waals surface area contributed by atoms with Crippen LogP contribution in [0.1, 0.15) is 31.2 Å². The highest BCUT2D eigenvalue weighted by molar-refractivity contribution is 6.20. The van der Waals surface area contributed by atoms with Crippen molar-refractivity contribution in [2.24, 2.45) is 5.92 Å². The summed E-state index contributed by atoms with van der Waals surface area (Å²) in [7, 11) is 0. The average Bonchev–Trinajstić information content (AvgIpc) is 2.39. The third-order valence-corrected chi connectivity index (χ3v) is 3.98. The van der Waals surface area contributed by atoms with Crippen molar-refractivity contribution in [3.63, 3.8) is 0 Å². The number of amides is 1. The summed E-state index contributed by atoms with van der Waals surface area (Å²) in [6, 6.07) is 6.04. The molecule has 1 aromatic rings. The van der Waals surface area contributed by atoms with Crippen LogP contribution in [-0.2, 0) is 11.2 Å². The number of carbonyl (C=O) groups excluding carboxylic acids is 1. The smallest absolute Gasteiger partial charge is 0.224 e. The molecule has 1 aliphatic carbocycles. The van der Waals surface area contributed by atoms with Crippen molar-refractivity contribution < 1.29 is 9.18 Å². The summed E-state index contributed by atoms with van der Waals surface area (Å²) in [6.07, 6.45) is 4.66. The van der Waals surface area contributed by atoms with Gasteiger partial charge >= 0.3 is 0 Å². The van der Waals surface area contributed by atoms with Crippen molar-refractivity contribution in [2.45, 2.75) is 37.5 Å². The van der Waals surface area contributed by atoms with Gasteiger partial charge in [-0.3, -0.25) is 4.79 Å². The van der Waals surface area contributed by atoms with Crippen LogP contribution in [0, 0.1) is 11.7 Å². The van der Waals surface area contributed by atoms with Crippen LogP contribution in [0.3, 0.4) is 0 Å². The molecule has 0 aliphatic heterocycles. The molecular weight excluding hydrogens is 265 g/mol. The molecule has 0 bridgehead atoms. The Morgan fingerprint density at radius 2 is 2.05 bits per heavy atom. The zero-order chi connectivity index (χ0) is 13.7. The summed E-state index contributed by atoms with van der Waals surface area (Å²) in [4.78, 5) is 11.8. The minimum atomic E-state index is -0.278. The van der Waals surface area contributed by atoms with Crippen LogP contribution < -0.4 is 5.32 Å². The quantitative estimate of drug-likeness (QED) is 0.844. The van der Waals surface area contributed by atoms with Gasteiger partial charge in [0.2, 0.25) is 5.91 Å². The van der Waals surface area contributed by atoms with E-state index in [2.05, 4.69) is 5.32 Å². The Morgan fingerprint density at radius 3 is 2.74 bits per heavy atom. The van der Waals surface area contributed by atoms with E-state index >= 15 is 0 Å². The normalized spacial score (nSPS) is 23.1. The number of halogens is 2. The lowest BCUT2D eigenvalue weighted by molar-refractivity contribution is -0.120. The van der Waals surface area contributed by atoms with Crippen molar-refractivity contribution in [1.29, 1.82) is 0 Å². The van der Waals surface area contributed by atoms with Gasteiger partial charge in [0.25, 0.3) is 0 Å². The van der Waals surface area contributed by atoms with E-state index in [1.54, 1.807) is 12.1 Å². The molecule has 1 fully saturated rings. The number of carbonyl (C=O) groups is 1. The molecule has 2 unspecified atom stereocenters. The second kappa shape index (κ2) is 6.90. The predicted molar refractivity (Wildman–Crippen MR) is 74.7 cm³/mol. The van der Waals surface area contributed by atoms with Crippen LogP contribution in [0.25, 0.3) is 0 Å². The molecule has 1 amide bonds. The lowest BCUT2D eigenvalue weighted by atomic mass is 9.89. The van der Waals surface area contributed by atoms with Gasteiger partial charge in [0.05, 0.1) is 6.42 Å². The first-order valence-electron chi connectivity index (χ1n) is 6.78. The Balaban J connectivity index is 1.73. The molecule has 1 saturated carbocycles. The highest BCUT2D eigenvalue weighted by Gasteiger charge is 2.20. The molecule has 1 N–H and O–H groups in total. The van der Waals surface area contributed by atoms with E-state index in [9.17, 15) is 9.18 Å². The van der Waals surface area contributed by atoms with Gasteiger partial charge in [-0.05, 0) is 42.9 Å². The lowest BCUT2D eigenvalue weighted by Crippen LogP contribution is -2.32. The van der Waals surface area contributed by atoms with Gasteiger partial charge in [0.15, 0.2) is 0 Å². The van der Waals surface area contributed by atoms with E-state index < -0.39 is 0 Å². The summed E-state index contributed by atoms with van der Waals surface area (Å²) in [5.41, 5.74) is 0.831. The summed E-state index contributed by atoms with van der Waals surface area (Å²) >= 11 is 6.12. The van der Waals surface area contributed by atoms with Crippen LogP contribution >= 0.6 is 11.6 Å². The Hall–Kier alpha value is -1.09. The molecule has 1 aliphatic rings. The van der Waals surface area contributed by atoms with E-state index in [4.69, 9.17) is 11.6 Å². The van der Waals surface area contributed by atoms with Gasteiger partial charge in [-0.15, -0.1) is 11.6 Å². The summed E-state index contributed by atoms with van der Waals surface area (Å²) in [6.45, 7) is 0.698. The summed E-state index contributed by atoms with van der Waals surface area (Å²) in [5.74, 6) is 0.205. The van der Waals surface area contributed by atoms with Gasteiger partial charge in [-0.25, -0.2) is 4.39 Å². The third kappa shape index (κ3) is 4.83. The van der Waals surface area contributed by atoms with Crippen molar-refractivity contribution in [3.8, 4) is 0 Å². The molecule has 1 aromatic carbocycles.